The highest BCUT2D eigenvalue weighted by molar-refractivity contribution is 7.10. The minimum atomic E-state index is 0.220. The minimum absolute atomic E-state index is 0.220. The van der Waals surface area contributed by atoms with Crippen LogP contribution in [0.3, 0.4) is 0 Å². The smallest absolute Gasteiger partial charge is 0.227 e. The van der Waals surface area contributed by atoms with E-state index >= 15 is 0 Å². The van der Waals surface area contributed by atoms with Gasteiger partial charge in [-0.15, -0.1) is 11.3 Å². The van der Waals surface area contributed by atoms with E-state index in [2.05, 4.69) is 5.32 Å². The van der Waals surface area contributed by atoms with Crippen molar-refractivity contribution in [3.05, 3.63) is 40.6 Å². The van der Waals surface area contributed by atoms with Crippen molar-refractivity contribution in [2.45, 2.75) is 19.4 Å². The largest absolute Gasteiger partial charge is 0.398 e. The molecule has 0 aliphatic carbocycles. The topological polar surface area (TPSA) is 58.4 Å². The fourth-order valence-corrected chi connectivity index (χ4v) is 3.10. The second-order valence-electron chi connectivity index (χ2n) is 4.85. The number of thiophene rings is 1. The molecule has 1 saturated heterocycles. The Kier molecular flexibility index (Phi) is 3.60. The maximum atomic E-state index is 11.7. The molecule has 3 N–H and O–H groups in total. The lowest BCUT2D eigenvalue weighted by molar-refractivity contribution is -0.117. The summed E-state index contributed by atoms with van der Waals surface area (Å²) < 4.78 is 0. The predicted octanol–water partition coefficient (Wildman–Crippen LogP) is 3.07. The summed E-state index contributed by atoms with van der Waals surface area (Å²) in [5, 5.41) is 5.34. The van der Waals surface area contributed by atoms with Crippen molar-refractivity contribution in [2.75, 3.05) is 22.5 Å². The van der Waals surface area contributed by atoms with Crippen LogP contribution in [0.25, 0.3) is 0 Å². The summed E-state index contributed by atoms with van der Waals surface area (Å²) in [5.74, 6) is 0.220. The van der Waals surface area contributed by atoms with E-state index in [1.165, 1.54) is 0 Å². The van der Waals surface area contributed by atoms with Crippen molar-refractivity contribution in [3.8, 4) is 0 Å². The molecule has 0 unspecified atom stereocenters. The molecule has 5 heteroatoms. The van der Waals surface area contributed by atoms with Crippen molar-refractivity contribution in [1.29, 1.82) is 0 Å². The molecule has 0 radical (unpaired) electrons. The van der Waals surface area contributed by atoms with Crippen molar-refractivity contribution in [3.63, 3.8) is 0 Å². The molecule has 2 heterocycles. The van der Waals surface area contributed by atoms with Crippen molar-refractivity contribution >= 4 is 34.3 Å². The fraction of sp³-hybridized carbons (Fsp3) is 0.267. The highest BCUT2D eigenvalue weighted by Crippen LogP contribution is 2.24. The summed E-state index contributed by atoms with van der Waals surface area (Å²) in [6, 6.07) is 9.91. The number of anilines is 3. The molecule has 2 aromatic rings. The number of nitrogens with two attached hydrogens (primary N) is 1. The summed E-state index contributed by atoms with van der Waals surface area (Å²) in [7, 11) is 0. The van der Waals surface area contributed by atoms with Crippen LogP contribution in [0.4, 0.5) is 17.1 Å². The third kappa shape index (κ3) is 2.63. The lowest BCUT2D eigenvalue weighted by Gasteiger charge is -2.16. The molecule has 1 amide bonds. The number of nitrogens with zero attached hydrogens (tertiary/aromatic N) is 1. The van der Waals surface area contributed by atoms with E-state index in [0.717, 1.165) is 41.4 Å². The zero-order valence-corrected chi connectivity index (χ0v) is 12.0. The van der Waals surface area contributed by atoms with Gasteiger partial charge in [-0.2, -0.15) is 0 Å². The van der Waals surface area contributed by atoms with Gasteiger partial charge in [0, 0.05) is 34.9 Å². The van der Waals surface area contributed by atoms with Crippen molar-refractivity contribution in [2.24, 2.45) is 0 Å². The molecule has 1 aromatic carbocycles. The Morgan fingerprint density at radius 3 is 2.65 bits per heavy atom. The first-order chi connectivity index (χ1) is 9.74. The lowest BCUT2D eigenvalue weighted by Crippen LogP contribution is -2.23. The van der Waals surface area contributed by atoms with Crippen molar-refractivity contribution in [1.82, 2.24) is 0 Å². The Bertz CT molecular complexity index is 606. The van der Waals surface area contributed by atoms with E-state index in [4.69, 9.17) is 5.73 Å². The first-order valence-corrected chi connectivity index (χ1v) is 7.58. The van der Waals surface area contributed by atoms with Crippen LogP contribution in [0.1, 0.15) is 17.7 Å². The molecular formula is C15H17N3OS. The molecule has 0 saturated carbocycles. The Hall–Kier alpha value is -2.01. The van der Waals surface area contributed by atoms with E-state index in [0.29, 0.717) is 6.42 Å². The monoisotopic (exact) mass is 287 g/mol. The summed E-state index contributed by atoms with van der Waals surface area (Å²) in [5.41, 5.74) is 8.70. The average molecular weight is 287 g/mol. The van der Waals surface area contributed by atoms with Crippen LogP contribution in [-0.4, -0.2) is 12.5 Å². The van der Waals surface area contributed by atoms with Gasteiger partial charge in [-0.3, -0.25) is 4.79 Å². The molecule has 1 aliphatic rings. The van der Waals surface area contributed by atoms with Gasteiger partial charge in [0.15, 0.2) is 0 Å². The van der Waals surface area contributed by atoms with E-state index in [1.54, 1.807) is 11.3 Å². The van der Waals surface area contributed by atoms with Crippen LogP contribution in [0.2, 0.25) is 0 Å². The van der Waals surface area contributed by atoms with Gasteiger partial charge in [-0.1, -0.05) is 0 Å². The highest BCUT2D eigenvalue weighted by atomic mass is 32.1. The Morgan fingerprint density at radius 1 is 1.25 bits per heavy atom. The van der Waals surface area contributed by atoms with Crippen LogP contribution in [0.5, 0.6) is 0 Å². The van der Waals surface area contributed by atoms with Gasteiger partial charge in [-0.05, 0) is 42.1 Å². The molecule has 0 atom stereocenters. The molecular weight excluding hydrogens is 270 g/mol. The summed E-state index contributed by atoms with van der Waals surface area (Å²) in [6.07, 6.45) is 1.62. The number of amides is 1. The van der Waals surface area contributed by atoms with Crippen LogP contribution >= 0.6 is 11.3 Å². The number of nitrogens with one attached hydrogen (secondary N) is 1. The number of benzene rings is 1. The fourth-order valence-electron chi connectivity index (χ4n) is 2.36. The third-order valence-corrected chi connectivity index (χ3v) is 4.42. The normalized spacial score (nSPS) is 14.8. The maximum absolute atomic E-state index is 11.7. The first kappa shape index (κ1) is 13.0. The molecule has 104 valence electrons. The number of carbonyl (C=O) groups excluding carboxylic acids is 1. The zero-order chi connectivity index (χ0) is 13.9. The second-order valence-corrected chi connectivity index (χ2v) is 5.85. The number of carbonyl (C=O) groups is 1. The average Bonchev–Trinajstić information content (AvgIpc) is 3.06. The Balaban J connectivity index is 1.64. The molecule has 0 bridgehead atoms. The Morgan fingerprint density at radius 2 is 2.05 bits per heavy atom. The summed E-state index contributed by atoms with van der Waals surface area (Å²) >= 11 is 1.65. The van der Waals surface area contributed by atoms with Gasteiger partial charge in [0.1, 0.15) is 0 Å². The maximum Gasteiger partial charge on any atom is 0.227 e. The summed E-state index contributed by atoms with van der Waals surface area (Å²) in [6.45, 7) is 1.56. The molecule has 1 aromatic heterocycles. The Labute approximate surface area is 122 Å². The van der Waals surface area contributed by atoms with Gasteiger partial charge >= 0.3 is 0 Å². The van der Waals surface area contributed by atoms with Crippen LogP contribution in [0.15, 0.2) is 35.7 Å². The second kappa shape index (κ2) is 5.54. The number of hydrogen-bond acceptors (Lipinski definition) is 4. The minimum Gasteiger partial charge on any atom is -0.398 e. The zero-order valence-electron chi connectivity index (χ0n) is 11.1. The van der Waals surface area contributed by atoms with Crippen LogP contribution in [0, 0.1) is 0 Å². The number of rotatable bonds is 4. The van der Waals surface area contributed by atoms with Gasteiger partial charge in [0.25, 0.3) is 0 Å². The molecule has 1 aliphatic heterocycles. The molecule has 1 fully saturated rings. The highest BCUT2D eigenvalue weighted by Gasteiger charge is 2.21. The third-order valence-electron chi connectivity index (χ3n) is 3.49. The quantitative estimate of drug-likeness (QED) is 0.908. The SMILES string of the molecule is Nc1ccsc1CNc1ccc(N2CCCC2=O)cc1. The first-order valence-electron chi connectivity index (χ1n) is 6.70. The molecule has 20 heavy (non-hydrogen) atoms. The van der Waals surface area contributed by atoms with Gasteiger partial charge < -0.3 is 16.0 Å². The van der Waals surface area contributed by atoms with Gasteiger partial charge in [-0.25, -0.2) is 0 Å². The van der Waals surface area contributed by atoms with Crippen molar-refractivity contribution < 1.29 is 4.79 Å². The lowest BCUT2D eigenvalue weighted by atomic mass is 10.2. The number of nitrogen functional groups attached to an aromatic ring is 1. The van der Waals surface area contributed by atoms with Gasteiger partial charge in [0.05, 0.1) is 6.54 Å². The molecule has 3 rings (SSSR count). The van der Waals surface area contributed by atoms with E-state index in [-0.39, 0.29) is 5.91 Å². The standard InChI is InChI=1S/C15H17N3OS/c16-13-7-9-20-14(13)10-17-11-3-5-12(6-4-11)18-8-1-2-15(18)19/h3-7,9,17H,1-2,8,10,16H2. The van der Waals surface area contributed by atoms with E-state index < -0.39 is 0 Å². The molecule has 4 nitrogen and oxygen atoms in total. The van der Waals surface area contributed by atoms with Gasteiger partial charge in [0.2, 0.25) is 5.91 Å². The summed E-state index contributed by atoms with van der Waals surface area (Å²) in [4.78, 5) is 14.7. The predicted molar refractivity (Wildman–Crippen MR) is 84.1 cm³/mol. The van der Waals surface area contributed by atoms with E-state index in [9.17, 15) is 4.79 Å². The van der Waals surface area contributed by atoms with E-state index in [1.807, 2.05) is 40.6 Å². The molecule has 0 spiro atoms. The number of hydrogen-bond donors (Lipinski definition) is 2. The van der Waals surface area contributed by atoms with Crippen LogP contribution < -0.4 is 16.0 Å². The van der Waals surface area contributed by atoms with Crippen LogP contribution in [-0.2, 0) is 11.3 Å².